The molecule has 0 bridgehead atoms. The summed E-state index contributed by atoms with van der Waals surface area (Å²) >= 11 is 0. The second kappa shape index (κ2) is 11.8. The molecule has 1 N–H and O–H groups in total. The second-order valence-corrected chi connectivity index (χ2v) is 2.91. The topological polar surface area (TPSA) is 29.1 Å². The van der Waals surface area contributed by atoms with Crippen LogP contribution in [0.25, 0.3) is 0 Å². The highest BCUT2D eigenvalue weighted by Crippen LogP contribution is 2.07. The molecule has 0 saturated heterocycles. The van der Waals surface area contributed by atoms with Crippen molar-refractivity contribution in [3.8, 4) is 0 Å². The van der Waals surface area contributed by atoms with Gasteiger partial charge in [0.1, 0.15) is 0 Å². The highest BCUT2D eigenvalue weighted by molar-refractivity contribution is 5.75. The third kappa shape index (κ3) is 9.25. The number of carbonyl (C=O) groups excluding carboxylic acids is 1. The van der Waals surface area contributed by atoms with Crippen LogP contribution < -0.4 is 5.32 Å². The Kier molecular flexibility index (Phi) is 12.6. The lowest BCUT2D eigenvalue weighted by Crippen LogP contribution is -2.17. The summed E-state index contributed by atoms with van der Waals surface area (Å²) < 4.78 is 0. The third-order valence-electron chi connectivity index (χ3n) is 1.59. The van der Waals surface area contributed by atoms with Crippen molar-refractivity contribution in [2.45, 2.75) is 41.5 Å². The van der Waals surface area contributed by atoms with Gasteiger partial charge in [0.05, 0.1) is 0 Å². The van der Waals surface area contributed by atoms with Crippen LogP contribution in [0.5, 0.6) is 0 Å². The van der Waals surface area contributed by atoms with Crippen molar-refractivity contribution >= 4 is 5.91 Å². The molecule has 0 aromatic heterocycles. The molecule has 2 nitrogen and oxygen atoms in total. The van der Waals surface area contributed by atoms with Crippen molar-refractivity contribution in [2.75, 3.05) is 0 Å². The monoisotopic (exact) mass is 223 g/mol. The number of nitrogens with one attached hydrogen (secondary N) is 1. The van der Waals surface area contributed by atoms with Gasteiger partial charge in [0, 0.05) is 12.6 Å². The summed E-state index contributed by atoms with van der Waals surface area (Å²) in [5.74, 6) is 0.404. The summed E-state index contributed by atoms with van der Waals surface area (Å²) in [5, 5.41) is 2.73. The van der Waals surface area contributed by atoms with E-state index in [-0.39, 0.29) is 5.91 Å². The van der Waals surface area contributed by atoms with Gasteiger partial charge in [-0.15, -0.1) is 0 Å². The Morgan fingerprint density at radius 2 is 1.75 bits per heavy atom. The fourth-order valence-corrected chi connectivity index (χ4v) is 0.996. The maximum absolute atomic E-state index is 10.7. The Morgan fingerprint density at radius 1 is 1.19 bits per heavy atom. The lowest BCUT2D eigenvalue weighted by Gasteiger charge is -1.99. The van der Waals surface area contributed by atoms with Gasteiger partial charge in [-0.25, -0.2) is 0 Å². The fraction of sp³-hybridized carbons (Fsp3) is 0.500. The van der Waals surface area contributed by atoms with Crippen LogP contribution in [-0.2, 0) is 4.79 Å². The first-order valence-electron chi connectivity index (χ1n) is 6.03. The zero-order valence-electron chi connectivity index (χ0n) is 11.4. The first-order chi connectivity index (χ1) is 7.68. The van der Waals surface area contributed by atoms with Gasteiger partial charge in [-0.05, 0) is 18.1 Å². The molecule has 1 aliphatic rings. The van der Waals surface area contributed by atoms with E-state index < -0.39 is 0 Å². The van der Waals surface area contributed by atoms with E-state index in [1.807, 2.05) is 52.0 Å². The van der Waals surface area contributed by atoms with E-state index in [1.54, 1.807) is 0 Å². The van der Waals surface area contributed by atoms with E-state index in [1.165, 1.54) is 6.92 Å². The Balaban J connectivity index is 0. The second-order valence-electron chi connectivity index (χ2n) is 2.91. The van der Waals surface area contributed by atoms with Crippen molar-refractivity contribution < 1.29 is 4.79 Å². The van der Waals surface area contributed by atoms with Crippen molar-refractivity contribution in [2.24, 2.45) is 5.92 Å². The van der Waals surface area contributed by atoms with Crippen LogP contribution in [-0.4, -0.2) is 5.91 Å². The Bertz CT molecular complexity index is 262. The highest BCUT2D eigenvalue weighted by Gasteiger charge is 1.97. The van der Waals surface area contributed by atoms with E-state index >= 15 is 0 Å². The molecule has 0 aromatic rings. The van der Waals surface area contributed by atoms with E-state index in [2.05, 4.69) is 18.3 Å². The van der Waals surface area contributed by atoms with Crippen LogP contribution in [0.1, 0.15) is 41.5 Å². The summed E-state index contributed by atoms with van der Waals surface area (Å²) in [6.07, 6.45) is 9.89. The van der Waals surface area contributed by atoms with Gasteiger partial charge < -0.3 is 5.32 Å². The summed E-state index contributed by atoms with van der Waals surface area (Å²) in [6.45, 7) is 11.6. The molecule has 0 fully saturated rings. The van der Waals surface area contributed by atoms with Gasteiger partial charge in [-0.2, -0.15) is 0 Å². The Labute approximate surface area is 100 Å². The lowest BCUT2D eigenvalue weighted by molar-refractivity contribution is -0.118. The molecule has 1 atom stereocenters. The molecule has 92 valence electrons. The standard InChI is InChI=1S/C10H13NO.2C2H6/c1-8-4-3-5-10(7-6-8)11-9(2)12;2*1-2/h3-8H,1-2H3,(H,11,12);2*1-2H3. The minimum atomic E-state index is -0.0335. The molecule has 0 aromatic carbocycles. The summed E-state index contributed by atoms with van der Waals surface area (Å²) in [4.78, 5) is 10.7. The van der Waals surface area contributed by atoms with Gasteiger partial charge in [-0.1, -0.05) is 52.8 Å². The molecular weight excluding hydrogens is 198 g/mol. The summed E-state index contributed by atoms with van der Waals surface area (Å²) in [7, 11) is 0. The molecule has 1 amide bonds. The van der Waals surface area contributed by atoms with Crippen molar-refractivity contribution in [3.63, 3.8) is 0 Å². The number of hydrogen-bond donors (Lipinski definition) is 1. The number of hydrogen-bond acceptors (Lipinski definition) is 1. The molecule has 16 heavy (non-hydrogen) atoms. The van der Waals surface area contributed by atoms with Crippen LogP contribution >= 0.6 is 0 Å². The first kappa shape index (κ1) is 17.1. The lowest BCUT2D eigenvalue weighted by atomic mass is 10.2. The molecule has 1 aliphatic carbocycles. The van der Waals surface area contributed by atoms with Crippen molar-refractivity contribution in [1.29, 1.82) is 0 Å². The number of rotatable bonds is 1. The molecule has 0 radical (unpaired) electrons. The molecule has 2 heteroatoms. The predicted molar refractivity (Wildman–Crippen MR) is 72.0 cm³/mol. The van der Waals surface area contributed by atoms with E-state index in [0.29, 0.717) is 5.92 Å². The van der Waals surface area contributed by atoms with Gasteiger partial charge in [-0.3, -0.25) is 4.79 Å². The maximum Gasteiger partial charge on any atom is 0.221 e. The molecular formula is C14H25NO. The quantitative estimate of drug-likeness (QED) is 0.719. The Hall–Kier alpha value is -1.31. The average Bonchev–Trinajstić information content (AvgIpc) is 2.49. The predicted octanol–water partition coefficient (Wildman–Crippen LogP) is 3.82. The van der Waals surface area contributed by atoms with Crippen LogP contribution in [0.2, 0.25) is 0 Å². The van der Waals surface area contributed by atoms with Gasteiger partial charge >= 0.3 is 0 Å². The molecule has 0 heterocycles. The fourth-order valence-electron chi connectivity index (χ4n) is 0.996. The molecule has 1 unspecified atom stereocenters. The number of allylic oxidation sites excluding steroid dienone is 5. The Morgan fingerprint density at radius 3 is 2.25 bits per heavy atom. The maximum atomic E-state index is 10.7. The largest absolute Gasteiger partial charge is 0.326 e. The minimum absolute atomic E-state index is 0.0335. The molecule has 0 spiro atoms. The highest BCUT2D eigenvalue weighted by atomic mass is 16.1. The number of carbonyl (C=O) groups is 1. The van der Waals surface area contributed by atoms with Gasteiger partial charge in [0.15, 0.2) is 0 Å². The summed E-state index contributed by atoms with van der Waals surface area (Å²) in [6, 6.07) is 0. The third-order valence-corrected chi connectivity index (χ3v) is 1.59. The zero-order valence-corrected chi connectivity index (χ0v) is 11.4. The SMILES string of the molecule is CC.CC.CC(=O)NC1=CC=CC(C)C=C1. The van der Waals surface area contributed by atoms with Gasteiger partial charge in [0.25, 0.3) is 0 Å². The smallest absolute Gasteiger partial charge is 0.221 e. The van der Waals surface area contributed by atoms with E-state index in [0.717, 1.165) is 5.70 Å². The zero-order chi connectivity index (χ0) is 13.0. The molecule has 0 aliphatic heterocycles. The minimum Gasteiger partial charge on any atom is -0.326 e. The van der Waals surface area contributed by atoms with Crippen LogP contribution in [0.4, 0.5) is 0 Å². The van der Waals surface area contributed by atoms with Crippen molar-refractivity contribution in [1.82, 2.24) is 5.32 Å². The number of amides is 1. The summed E-state index contributed by atoms with van der Waals surface area (Å²) in [5.41, 5.74) is 0.850. The van der Waals surface area contributed by atoms with Gasteiger partial charge in [0.2, 0.25) is 5.91 Å². The van der Waals surface area contributed by atoms with Crippen LogP contribution in [0, 0.1) is 5.92 Å². The average molecular weight is 223 g/mol. The van der Waals surface area contributed by atoms with Crippen LogP contribution in [0.3, 0.4) is 0 Å². The van der Waals surface area contributed by atoms with Crippen LogP contribution in [0.15, 0.2) is 36.1 Å². The molecule has 1 rings (SSSR count). The van der Waals surface area contributed by atoms with E-state index in [4.69, 9.17) is 0 Å². The van der Waals surface area contributed by atoms with E-state index in [9.17, 15) is 4.79 Å². The first-order valence-corrected chi connectivity index (χ1v) is 6.03. The van der Waals surface area contributed by atoms with Crippen molar-refractivity contribution in [3.05, 3.63) is 36.1 Å². The molecule has 0 saturated carbocycles. The normalized spacial score (nSPS) is 16.9.